The summed E-state index contributed by atoms with van der Waals surface area (Å²) in [6.45, 7) is 21.4. The zero-order valence-electron chi connectivity index (χ0n) is 70.1. The molecule has 35 heteroatoms. The van der Waals surface area contributed by atoms with E-state index in [1.165, 1.54) is 82.3 Å². The third-order valence-corrected chi connectivity index (χ3v) is 17.9. The summed E-state index contributed by atoms with van der Waals surface area (Å²) in [4.78, 5) is 77.5. The molecular formula is C86H123Cl4F4N19O8. The number of rotatable bonds is 34. The number of nitrogens with two attached hydrogens (primary N) is 3. The molecule has 4 aromatic heterocycles. The highest BCUT2D eigenvalue weighted by Gasteiger charge is 2.19. The topological polar surface area (TPSA) is 383 Å². The van der Waals surface area contributed by atoms with Crippen LogP contribution in [0.5, 0.6) is 23.0 Å². The molecule has 0 radical (unpaired) electrons. The minimum absolute atomic E-state index is 0. The normalized spacial score (nSPS) is 11.2. The number of nitrogens with one attached hydrogen (secondary N) is 8. The van der Waals surface area contributed by atoms with Gasteiger partial charge < -0.3 is 78.7 Å². The Labute approximate surface area is 730 Å². The van der Waals surface area contributed by atoms with Crippen LogP contribution in [-0.4, -0.2) is 142 Å². The fraction of sp³-hybridized carbons (Fsp3) is 0.442. The maximum atomic E-state index is 14.0. The van der Waals surface area contributed by atoms with Gasteiger partial charge in [-0.1, -0.05) is 125 Å². The first kappa shape index (κ1) is 109. The minimum atomic E-state index is -0.377. The van der Waals surface area contributed by atoms with Gasteiger partial charge in [0.15, 0.2) is 0 Å². The van der Waals surface area contributed by atoms with Crippen molar-refractivity contribution in [2.45, 2.75) is 198 Å². The van der Waals surface area contributed by atoms with Crippen molar-refractivity contribution in [2.75, 3.05) is 81.6 Å². The molecule has 0 fully saturated rings. The van der Waals surface area contributed by atoms with Crippen molar-refractivity contribution < 1.29 is 55.7 Å². The molecule has 0 unspecified atom stereocenters. The zero-order chi connectivity index (χ0) is 87.2. The van der Waals surface area contributed by atoms with Crippen molar-refractivity contribution in [1.29, 1.82) is 0 Å². The van der Waals surface area contributed by atoms with Gasteiger partial charge in [0.25, 0.3) is 0 Å². The van der Waals surface area contributed by atoms with Crippen LogP contribution in [0.15, 0.2) is 109 Å². The third kappa shape index (κ3) is 39.8. The number of carbonyl (C=O) groups excluding carboxylic acids is 4. The molecule has 4 amide bonds. The Morgan fingerprint density at radius 2 is 0.777 bits per heavy atom. The molecule has 10 rings (SSSR count). The molecule has 666 valence electrons. The lowest BCUT2D eigenvalue weighted by Crippen LogP contribution is -2.35. The molecule has 4 atom stereocenters. The average molecular weight is 1770 g/mol. The quantitative estimate of drug-likeness (QED) is 0.0101. The number of methoxy groups -OCH3 is 4. The van der Waals surface area contributed by atoms with Crippen LogP contribution < -0.4 is 78.7 Å². The molecular weight excluding hydrogens is 1640 g/mol. The van der Waals surface area contributed by atoms with E-state index in [2.05, 4.69) is 110 Å². The number of aromatic nitrogens is 8. The predicted octanol–water partition coefficient (Wildman–Crippen LogP) is 18.1. The van der Waals surface area contributed by atoms with Crippen LogP contribution in [0, 0.1) is 23.3 Å². The Hall–Kier alpha value is -10.4. The van der Waals surface area contributed by atoms with E-state index in [9.17, 15) is 36.7 Å². The second kappa shape index (κ2) is 59.3. The first-order chi connectivity index (χ1) is 56.5. The van der Waals surface area contributed by atoms with Crippen molar-refractivity contribution in [1.82, 2.24) is 61.1 Å². The fourth-order valence-electron chi connectivity index (χ4n) is 11.2. The summed E-state index contributed by atoms with van der Waals surface area (Å²) < 4.78 is 74.3. The number of nitrogens with zero attached hydrogens (tertiary/aromatic N) is 8. The number of ether oxygens (including phenoxy) is 4. The molecule has 0 aliphatic carbocycles. The van der Waals surface area contributed by atoms with Gasteiger partial charge >= 0.3 is 0 Å². The second-order valence-electron chi connectivity index (χ2n) is 26.6. The Morgan fingerprint density at radius 3 is 1.17 bits per heavy atom. The van der Waals surface area contributed by atoms with Crippen molar-refractivity contribution in [3.8, 4) is 23.0 Å². The molecule has 0 saturated carbocycles. The van der Waals surface area contributed by atoms with Gasteiger partial charge in [0.05, 0.1) is 50.5 Å². The minimum Gasteiger partial charge on any atom is -0.497 e. The van der Waals surface area contributed by atoms with Crippen molar-refractivity contribution in [3.63, 3.8) is 0 Å². The van der Waals surface area contributed by atoms with E-state index in [0.29, 0.717) is 118 Å². The Kier molecular flexibility index (Phi) is 53.2. The van der Waals surface area contributed by atoms with Gasteiger partial charge in [-0.15, -0.1) is 12.4 Å². The molecule has 0 saturated heterocycles. The van der Waals surface area contributed by atoms with Gasteiger partial charge in [0.2, 0.25) is 46.1 Å². The maximum absolute atomic E-state index is 14.0. The number of amides is 4. The fourth-order valence-corrected chi connectivity index (χ4v) is 11.8. The number of halogens is 8. The summed E-state index contributed by atoms with van der Waals surface area (Å²) in [6, 6.07) is 28.4. The third-order valence-electron chi connectivity index (χ3n) is 17.3. The number of fused-ring (bicyclic) bond motifs is 4. The number of anilines is 5. The van der Waals surface area contributed by atoms with Crippen LogP contribution in [0.25, 0.3) is 43.6 Å². The van der Waals surface area contributed by atoms with Crippen LogP contribution in [0.3, 0.4) is 0 Å². The number of nitrogen functional groups attached to an aromatic ring is 1. The summed E-state index contributed by atoms with van der Waals surface area (Å²) >= 11 is 17.2. The summed E-state index contributed by atoms with van der Waals surface area (Å²) in [5, 5.41) is 27.4. The number of unbranched alkanes of at least 4 members (excludes halogenated alkanes) is 4. The summed E-state index contributed by atoms with van der Waals surface area (Å²) in [6.07, 6.45) is 12.1. The number of benzene rings is 6. The van der Waals surface area contributed by atoms with E-state index in [-0.39, 0.29) is 120 Å². The maximum Gasteiger partial charge on any atom is 0.225 e. The Bertz CT molecular complexity index is 4650. The smallest absolute Gasteiger partial charge is 0.225 e. The zero-order valence-corrected chi connectivity index (χ0v) is 73.1. The molecule has 6 aromatic carbocycles. The van der Waals surface area contributed by atoms with E-state index < -0.39 is 0 Å². The first-order valence-electron chi connectivity index (χ1n) is 39.1. The number of hydrogen-bond donors (Lipinski definition) is 11. The van der Waals surface area contributed by atoms with Gasteiger partial charge in [0, 0.05) is 160 Å². The second-order valence-corrected chi connectivity index (χ2v) is 27.6. The lowest BCUT2D eigenvalue weighted by Gasteiger charge is -2.21. The van der Waals surface area contributed by atoms with Crippen molar-refractivity contribution >= 4 is 144 Å². The highest BCUT2D eigenvalue weighted by Crippen LogP contribution is 2.31. The largest absolute Gasteiger partial charge is 0.497 e. The summed E-state index contributed by atoms with van der Waals surface area (Å²) in [5.74, 6) is 3.29. The Balaban J connectivity index is 0.000000752. The molecule has 0 bridgehead atoms. The van der Waals surface area contributed by atoms with Gasteiger partial charge in [-0.2, -0.15) is 9.97 Å². The van der Waals surface area contributed by atoms with Gasteiger partial charge in [0.1, 0.15) is 68.9 Å². The van der Waals surface area contributed by atoms with Crippen molar-refractivity contribution in [3.05, 3.63) is 159 Å². The van der Waals surface area contributed by atoms with Crippen molar-refractivity contribution in [2.24, 2.45) is 11.5 Å². The molecule has 0 spiro atoms. The van der Waals surface area contributed by atoms with E-state index in [1.807, 2.05) is 44.2 Å². The van der Waals surface area contributed by atoms with E-state index in [0.717, 1.165) is 99.7 Å². The van der Waals surface area contributed by atoms with Crippen LogP contribution in [0.2, 0.25) is 15.7 Å². The molecule has 0 aliphatic heterocycles. The van der Waals surface area contributed by atoms with Crippen LogP contribution in [0.4, 0.5) is 46.9 Å². The van der Waals surface area contributed by atoms with E-state index in [4.69, 9.17) is 71.0 Å². The molecule has 14 N–H and O–H groups in total. The molecule has 121 heavy (non-hydrogen) atoms. The van der Waals surface area contributed by atoms with Crippen LogP contribution in [-0.2, 0) is 32.3 Å². The van der Waals surface area contributed by atoms with Gasteiger partial charge in [-0.05, 0) is 116 Å². The average Bonchev–Trinajstić information content (AvgIpc) is 0.808. The van der Waals surface area contributed by atoms with Crippen LogP contribution in [0.1, 0.15) is 172 Å². The standard InChI is InChI=1S/C25H32FN5O3.C16H20ClFN4O.C16H22FN5O.C9H13NO2.C8H3Cl2FN2.C8H18N2O.C2H6.2CH4.ClH/c1-5-6-7-19(15-27-16(2)32)29-24-21-11-9-18(26)12-22(21)30-25(31-24)28-14-17-8-10-20(33-3)13-23(17)34-4;1-3-4-5-12(9-19-10(2)23)20-15-13-7-6-11(18)8-14(13)21-16(17)22-15;1-3-4-5-12(9-19-10(2)23)20-15-13-7-6-11(17)8-14(13)21-16(18)22-15;1-11-8-4-3-7(6-10)9(5-8)12-2;9-7-5-2-1-4(11)3-6(5)12-8(10)13-7;1-3-4-5-8(9)6-10-7(2)11;1-2;;;/h8-13,19H,5-7,14-15H2,1-4H3,(H,27,32)(H2,28,29,30,31);6-8,12H,3-5,9H2,1-2H3,(H,19,23)(H,20,21,22);6-8,12H,3-5,9H2,1-2H3,(H,19,23)(H3,18,20,21,22);3-5H,6,10H2,1-2H3;1-3H;8H,3-6,9H2,1-2H3,(H,10,11);1-2H3;2*1H4;1H/t19-;2*12-;;;8-;;;;/m111..1..../s1. The van der Waals surface area contributed by atoms with E-state index >= 15 is 0 Å². The summed E-state index contributed by atoms with van der Waals surface area (Å²) in [5.41, 5.74) is 20.6. The van der Waals surface area contributed by atoms with Crippen LogP contribution >= 0.6 is 47.2 Å². The SMILES string of the molecule is C.C.CC.CCCC[C@@H](N)CNC(C)=O.CCCC[C@H](CNC(C)=O)Nc1nc(Cl)nc2cc(F)ccc12.CCCC[C@H](CNC(C)=O)Nc1nc(N)nc2cc(F)ccc12.CCCC[C@H](CNC(C)=O)Nc1nc(NCc2ccc(OC)cc2OC)nc2cc(F)ccc12.COc1ccc(CN)c(OC)c1.Cl.Fc1ccc2c(Cl)nc(Cl)nc2c1. The lowest BCUT2D eigenvalue weighted by atomic mass is 10.1. The molecule has 10 aromatic rings. The predicted molar refractivity (Wildman–Crippen MR) is 487 cm³/mol. The summed E-state index contributed by atoms with van der Waals surface area (Å²) in [7, 11) is 6.44. The highest BCUT2D eigenvalue weighted by molar-refractivity contribution is 6.35. The molecule has 4 heterocycles. The van der Waals surface area contributed by atoms with Gasteiger partial charge in [-0.25, -0.2) is 47.5 Å². The first-order valence-corrected chi connectivity index (χ1v) is 40.2. The monoisotopic (exact) mass is 1770 g/mol. The van der Waals surface area contributed by atoms with Gasteiger partial charge in [-0.3, -0.25) is 19.2 Å². The Morgan fingerprint density at radius 1 is 0.430 bits per heavy atom. The highest BCUT2D eigenvalue weighted by atomic mass is 35.5. The lowest BCUT2D eigenvalue weighted by molar-refractivity contribution is -0.119. The molecule has 27 nitrogen and oxygen atoms in total. The molecule has 0 aliphatic rings. The van der Waals surface area contributed by atoms with E-state index in [1.54, 1.807) is 52.7 Å². The number of carbonyl (C=O) groups is 4. The number of hydrogen-bond acceptors (Lipinski definition) is 23.